The lowest BCUT2D eigenvalue weighted by molar-refractivity contribution is 0.0696. The summed E-state index contributed by atoms with van der Waals surface area (Å²) in [5.41, 5.74) is -1.04. The molecule has 1 fully saturated rings. The quantitative estimate of drug-likeness (QED) is 0.653. The van der Waals surface area contributed by atoms with Crippen LogP contribution in [0.1, 0.15) is 13.8 Å². The van der Waals surface area contributed by atoms with Crippen molar-refractivity contribution in [2.45, 2.75) is 19.4 Å². The zero-order valence-electron chi connectivity index (χ0n) is 9.06. The van der Waals surface area contributed by atoms with Crippen LogP contribution in [0.25, 0.3) is 0 Å². The Morgan fingerprint density at radius 2 is 1.93 bits per heavy atom. The van der Waals surface area contributed by atoms with Gasteiger partial charge in [0, 0.05) is 19.6 Å². The summed E-state index contributed by atoms with van der Waals surface area (Å²) < 4.78 is 32.1. The lowest BCUT2D eigenvalue weighted by atomic mass is 10.1. The van der Waals surface area contributed by atoms with Gasteiger partial charge in [-0.15, -0.1) is 0 Å². The number of nitrogens with zero attached hydrogens (tertiary/aromatic N) is 1. The molecule has 1 heterocycles. The Morgan fingerprint density at radius 3 is 2.40 bits per heavy atom. The summed E-state index contributed by atoms with van der Waals surface area (Å²) >= 11 is 0. The van der Waals surface area contributed by atoms with Gasteiger partial charge in [-0.05, 0) is 13.8 Å². The molecule has 1 aliphatic heterocycles. The molecule has 1 saturated heterocycles. The summed E-state index contributed by atoms with van der Waals surface area (Å²) in [6.07, 6.45) is 0. The Bertz CT molecular complexity index is 290. The molecule has 0 aromatic rings. The highest BCUT2D eigenvalue weighted by atomic mass is 32.2. The van der Waals surface area contributed by atoms with E-state index in [-0.39, 0.29) is 6.54 Å². The van der Waals surface area contributed by atoms with E-state index in [0.717, 1.165) is 0 Å². The molecule has 0 aliphatic carbocycles. The maximum absolute atomic E-state index is 11.7. The van der Waals surface area contributed by atoms with Gasteiger partial charge in [0.05, 0.1) is 18.8 Å². The first-order valence-electron chi connectivity index (χ1n) is 4.86. The standard InChI is InChI=1S/C8H18N2O4S/c1-8(2,11)7-9-15(12,13)10-3-5-14-6-4-10/h9,11H,3-7H2,1-2H3. The number of ether oxygens (including phenoxy) is 1. The van der Waals surface area contributed by atoms with Crippen LogP contribution < -0.4 is 4.72 Å². The van der Waals surface area contributed by atoms with Gasteiger partial charge in [-0.25, -0.2) is 0 Å². The van der Waals surface area contributed by atoms with Gasteiger partial charge in [-0.1, -0.05) is 0 Å². The smallest absolute Gasteiger partial charge is 0.279 e. The predicted octanol–water partition coefficient (Wildman–Crippen LogP) is -1.08. The summed E-state index contributed by atoms with van der Waals surface area (Å²) in [7, 11) is -3.47. The van der Waals surface area contributed by atoms with Crippen LogP contribution in [0.3, 0.4) is 0 Å². The number of rotatable bonds is 4. The number of hydrogen-bond acceptors (Lipinski definition) is 4. The van der Waals surface area contributed by atoms with E-state index in [1.165, 1.54) is 4.31 Å². The maximum Gasteiger partial charge on any atom is 0.279 e. The fourth-order valence-electron chi connectivity index (χ4n) is 1.15. The lowest BCUT2D eigenvalue weighted by Crippen LogP contribution is -2.49. The van der Waals surface area contributed by atoms with E-state index in [4.69, 9.17) is 4.74 Å². The van der Waals surface area contributed by atoms with Crippen LogP contribution in [-0.4, -0.2) is 56.3 Å². The highest BCUT2D eigenvalue weighted by Gasteiger charge is 2.25. The average molecular weight is 238 g/mol. The molecule has 1 aliphatic rings. The van der Waals surface area contributed by atoms with E-state index in [9.17, 15) is 13.5 Å². The number of aliphatic hydroxyl groups is 1. The minimum absolute atomic E-state index is 0.00664. The van der Waals surface area contributed by atoms with Crippen molar-refractivity contribution in [3.05, 3.63) is 0 Å². The van der Waals surface area contributed by atoms with Gasteiger partial charge < -0.3 is 9.84 Å². The Balaban J connectivity index is 2.51. The van der Waals surface area contributed by atoms with Gasteiger partial charge in [0.2, 0.25) is 0 Å². The molecule has 7 heteroatoms. The summed E-state index contributed by atoms with van der Waals surface area (Å²) in [5, 5.41) is 9.41. The fourth-order valence-corrected chi connectivity index (χ4v) is 2.49. The summed E-state index contributed by atoms with van der Waals surface area (Å²) in [4.78, 5) is 0. The Morgan fingerprint density at radius 1 is 1.40 bits per heavy atom. The Hall–Kier alpha value is -0.210. The monoisotopic (exact) mass is 238 g/mol. The molecule has 0 atom stereocenters. The SMILES string of the molecule is CC(C)(O)CNS(=O)(=O)N1CCOCC1. The van der Waals surface area contributed by atoms with Crippen LogP contribution in [-0.2, 0) is 14.9 Å². The molecule has 1 rings (SSSR count). The summed E-state index contributed by atoms with van der Waals surface area (Å²) in [6.45, 7) is 4.67. The second kappa shape index (κ2) is 4.75. The topological polar surface area (TPSA) is 78.9 Å². The van der Waals surface area contributed by atoms with E-state index >= 15 is 0 Å². The number of hydrogen-bond donors (Lipinski definition) is 2. The highest BCUT2D eigenvalue weighted by molar-refractivity contribution is 7.87. The molecule has 0 radical (unpaired) electrons. The van der Waals surface area contributed by atoms with E-state index in [1.54, 1.807) is 13.8 Å². The highest BCUT2D eigenvalue weighted by Crippen LogP contribution is 2.05. The summed E-state index contributed by atoms with van der Waals surface area (Å²) in [6, 6.07) is 0. The molecular weight excluding hydrogens is 220 g/mol. The van der Waals surface area contributed by atoms with Crippen LogP contribution in [0.4, 0.5) is 0 Å². The van der Waals surface area contributed by atoms with Crippen molar-refractivity contribution >= 4 is 10.2 Å². The molecule has 2 N–H and O–H groups in total. The molecule has 0 unspecified atom stereocenters. The second-order valence-electron chi connectivity index (χ2n) is 4.15. The molecule has 0 aromatic carbocycles. The molecule has 90 valence electrons. The van der Waals surface area contributed by atoms with Crippen LogP contribution in [0.2, 0.25) is 0 Å². The van der Waals surface area contributed by atoms with E-state index in [2.05, 4.69) is 4.72 Å². The minimum atomic E-state index is -3.47. The Labute approximate surface area is 90.4 Å². The molecular formula is C8H18N2O4S. The zero-order valence-corrected chi connectivity index (χ0v) is 9.88. The lowest BCUT2D eigenvalue weighted by Gasteiger charge is -2.27. The van der Waals surface area contributed by atoms with Crippen molar-refractivity contribution < 1.29 is 18.3 Å². The normalized spacial score (nSPS) is 20.5. The largest absolute Gasteiger partial charge is 0.389 e. The van der Waals surface area contributed by atoms with Gasteiger partial charge in [0.25, 0.3) is 10.2 Å². The first-order valence-corrected chi connectivity index (χ1v) is 6.30. The first kappa shape index (κ1) is 12.9. The molecule has 6 nitrogen and oxygen atoms in total. The summed E-state index contributed by atoms with van der Waals surface area (Å²) in [5.74, 6) is 0. The van der Waals surface area contributed by atoms with Crippen LogP contribution in [0.5, 0.6) is 0 Å². The van der Waals surface area contributed by atoms with Gasteiger partial charge in [-0.3, -0.25) is 0 Å². The van der Waals surface area contributed by atoms with Crippen molar-refractivity contribution in [3.8, 4) is 0 Å². The van der Waals surface area contributed by atoms with Crippen molar-refractivity contribution in [3.63, 3.8) is 0 Å². The number of morpholine rings is 1. The third-order valence-electron chi connectivity index (χ3n) is 2.00. The van der Waals surface area contributed by atoms with Crippen LogP contribution >= 0.6 is 0 Å². The first-order chi connectivity index (χ1) is 6.81. The molecule has 0 spiro atoms. The number of nitrogens with one attached hydrogen (secondary N) is 1. The van der Waals surface area contributed by atoms with Crippen molar-refractivity contribution in [1.29, 1.82) is 0 Å². The molecule has 15 heavy (non-hydrogen) atoms. The van der Waals surface area contributed by atoms with E-state index in [0.29, 0.717) is 26.3 Å². The predicted molar refractivity (Wildman–Crippen MR) is 55.6 cm³/mol. The molecule has 0 aromatic heterocycles. The molecule has 0 saturated carbocycles. The van der Waals surface area contributed by atoms with Crippen LogP contribution in [0, 0.1) is 0 Å². The van der Waals surface area contributed by atoms with Crippen molar-refractivity contribution in [2.24, 2.45) is 0 Å². The van der Waals surface area contributed by atoms with Gasteiger partial charge >= 0.3 is 0 Å². The van der Waals surface area contributed by atoms with Crippen molar-refractivity contribution in [1.82, 2.24) is 9.03 Å². The minimum Gasteiger partial charge on any atom is -0.389 e. The van der Waals surface area contributed by atoms with E-state index < -0.39 is 15.8 Å². The second-order valence-corrected chi connectivity index (χ2v) is 5.91. The molecule has 0 amide bonds. The van der Waals surface area contributed by atoms with Gasteiger partial charge in [-0.2, -0.15) is 17.4 Å². The third-order valence-corrected chi connectivity index (χ3v) is 3.55. The zero-order chi connectivity index (χ0) is 11.5. The van der Waals surface area contributed by atoms with E-state index in [1.807, 2.05) is 0 Å². The maximum atomic E-state index is 11.7. The van der Waals surface area contributed by atoms with Gasteiger partial charge in [0.1, 0.15) is 0 Å². The van der Waals surface area contributed by atoms with Gasteiger partial charge in [0.15, 0.2) is 0 Å². The Kier molecular flexibility index (Phi) is 4.07. The van der Waals surface area contributed by atoms with Crippen molar-refractivity contribution in [2.75, 3.05) is 32.8 Å². The third kappa shape index (κ3) is 4.43. The average Bonchev–Trinajstić information content (AvgIpc) is 2.16. The fraction of sp³-hybridized carbons (Fsp3) is 1.00. The van der Waals surface area contributed by atoms with Crippen LogP contribution in [0.15, 0.2) is 0 Å². The molecule has 0 bridgehead atoms.